The van der Waals surface area contributed by atoms with Gasteiger partial charge in [0.1, 0.15) is 0 Å². The van der Waals surface area contributed by atoms with Crippen molar-refractivity contribution in [1.29, 1.82) is 0 Å². The number of amides is 1. The molecule has 0 fully saturated rings. The van der Waals surface area contributed by atoms with Crippen LogP contribution in [0.25, 0.3) is 5.69 Å². The van der Waals surface area contributed by atoms with Crippen LogP contribution in [0.3, 0.4) is 0 Å². The van der Waals surface area contributed by atoms with Gasteiger partial charge in [0, 0.05) is 18.9 Å². The molecule has 1 amide bonds. The number of hydrogen-bond acceptors (Lipinski definition) is 2. The fourth-order valence-corrected chi connectivity index (χ4v) is 1.70. The first-order valence-corrected chi connectivity index (χ1v) is 6.15. The van der Waals surface area contributed by atoms with Crippen LogP contribution in [-0.4, -0.2) is 22.2 Å². The predicted molar refractivity (Wildman–Crippen MR) is 70.6 cm³/mol. The van der Waals surface area contributed by atoms with E-state index in [1.54, 1.807) is 10.9 Å². The smallest absolute Gasteiger partial charge is 0.224 e. The molecule has 1 aromatic carbocycles. The summed E-state index contributed by atoms with van der Waals surface area (Å²) in [5, 5.41) is 7.02. The number of carbonyl (C=O) groups excluding carboxylic acids is 1. The molecule has 94 valence electrons. The predicted octanol–water partition coefficient (Wildman–Crippen LogP) is 1.94. The first-order valence-electron chi connectivity index (χ1n) is 6.15. The molecule has 0 aliphatic rings. The SMILES string of the molecule is CCCNC(=O)Cc1ccc(-n2cccn2)cc1. The number of hydrogen-bond donors (Lipinski definition) is 1. The van der Waals surface area contributed by atoms with E-state index in [4.69, 9.17) is 0 Å². The third-order valence-corrected chi connectivity index (χ3v) is 2.64. The Hall–Kier alpha value is -2.10. The van der Waals surface area contributed by atoms with E-state index in [9.17, 15) is 4.79 Å². The summed E-state index contributed by atoms with van der Waals surface area (Å²) in [7, 11) is 0. The quantitative estimate of drug-likeness (QED) is 0.872. The van der Waals surface area contributed by atoms with Gasteiger partial charge >= 0.3 is 0 Å². The van der Waals surface area contributed by atoms with E-state index in [0.29, 0.717) is 6.42 Å². The number of rotatable bonds is 5. The fourth-order valence-electron chi connectivity index (χ4n) is 1.70. The lowest BCUT2D eigenvalue weighted by Crippen LogP contribution is -2.25. The van der Waals surface area contributed by atoms with E-state index < -0.39 is 0 Å². The number of benzene rings is 1. The Balaban J connectivity index is 1.98. The number of carbonyl (C=O) groups is 1. The second-order valence-corrected chi connectivity index (χ2v) is 4.14. The van der Waals surface area contributed by atoms with Crippen LogP contribution in [0.1, 0.15) is 18.9 Å². The second kappa shape index (κ2) is 6.00. The lowest BCUT2D eigenvalue weighted by atomic mass is 10.1. The Labute approximate surface area is 107 Å². The van der Waals surface area contributed by atoms with Gasteiger partial charge in [0.25, 0.3) is 0 Å². The summed E-state index contributed by atoms with van der Waals surface area (Å²) in [5.74, 6) is 0.0729. The number of aromatic nitrogens is 2. The maximum Gasteiger partial charge on any atom is 0.224 e. The summed E-state index contributed by atoms with van der Waals surface area (Å²) in [5.41, 5.74) is 2.01. The summed E-state index contributed by atoms with van der Waals surface area (Å²) in [6.07, 6.45) is 5.03. The van der Waals surface area contributed by atoms with Crippen LogP contribution in [0, 0.1) is 0 Å². The molecule has 1 N–H and O–H groups in total. The lowest BCUT2D eigenvalue weighted by Gasteiger charge is -2.05. The van der Waals surface area contributed by atoms with Crippen LogP contribution in [0.4, 0.5) is 0 Å². The van der Waals surface area contributed by atoms with Crippen molar-refractivity contribution in [2.24, 2.45) is 0 Å². The van der Waals surface area contributed by atoms with Crippen molar-refractivity contribution in [2.75, 3.05) is 6.54 Å². The summed E-state index contributed by atoms with van der Waals surface area (Å²) in [6, 6.07) is 9.74. The molecule has 2 aromatic rings. The van der Waals surface area contributed by atoms with E-state index in [-0.39, 0.29) is 5.91 Å². The monoisotopic (exact) mass is 243 g/mol. The van der Waals surface area contributed by atoms with Gasteiger partial charge in [-0.25, -0.2) is 4.68 Å². The van der Waals surface area contributed by atoms with Crippen molar-refractivity contribution >= 4 is 5.91 Å². The normalized spacial score (nSPS) is 10.3. The van der Waals surface area contributed by atoms with Crippen LogP contribution >= 0.6 is 0 Å². The Morgan fingerprint density at radius 2 is 2.11 bits per heavy atom. The maximum absolute atomic E-state index is 11.6. The maximum atomic E-state index is 11.6. The molecule has 0 aliphatic carbocycles. The molecule has 0 radical (unpaired) electrons. The van der Waals surface area contributed by atoms with E-state index >= 15 is 0 Å². The molecule has 0 saturated heterocycles. The summed E-state index contributed by atoms with van der Waals surface area (Å²) in [6.45, 7) is 2.78. The highest BCUT2D eigenvalue weighted by Crippen LogP contribution is 2.09. The van der Waals surface area contributed by atoms with E-state index in [1.165, 1.54) is 0 Å². The van der Waals surface area contributed by atoms with Gasteiger partial charge in [0.2, 0.25) is 5.91 Å². The van der Waals surface area contributed by atoms with Crippen LogP contribution in [0.5, 0.6) is 0 Å². The first-order chi connectivity index (χ1) is 8.79. The molecule has 4 heteroatoms. The minimum Gasteiger partial charge on any atom is -0.356 e. The molecule has 0 aliphatic heterocycles. The first kappa shape index (κ1) is 12.4. The van der Waals surface area contributed by atoms with Gasteiger partial charge in [-0.2, -0.15) is 5.10 Å². The Bertz CT molecular complexity index is 488. The zero-order valence-corrected chi connectivity index (χ0v) is 10.5. The molecule has 4 nitrogen and oxygen atoms in total. The Morgan fingerprint density at radius 1 is 1.33 bits per heavy atom. The molecule has 1 heterocycles. The number of nitrogens with zero attached hydrogens (tertiary/aromatic N) is 2. The van der Waals surface area contributed by atoms with Crippen LogP contribution in [-0.2, 0) is 11.2 Å². The third kappa shape index (κ3) is 3.20. The van der Waals surface area contributed by atoms with Gasteiger partial charge in [0.05, 0.1) is 12.1 Å². The van der Waals surface area contributed by atoms with E-state index in [1.807, 2.05) is 43.5 Å². The minimum absolute atomic E-state index is 0.0729. The molecule has 0 atom stereocenters. The van der Waals surface area contributed by atoms with E-state index in [0.717, 1.165) is 24.2 Å². The van der Waals surface area contributed by atoms with Crippen molar-refractivity contribution in [3.05, 3.63) is 48.3 Å². The highest BCUT2D eigenvalue weighted by atomic mass is 16.1. The number of nitrogens with one attached hydrogen (secondary N) is 1. The standard InChI is InChI=1S/C14H17N3O/c1-2-8-15-14(18)11-12-4-6-13(7-5-12)17-10-3-9-16-17/h3-7,9-10H,2,8,11H2,1H3,(H,15,18). The van der Waals surface area contributed by atoms with Gasteiger partial charge < -0.3 is 5.32 Å². The zero-order chi connectivity index (χ0) is 12.8. The molecule has 0 unspecified atom stereocenters. The second-order valence-electron chi connectivity index (χ2n) is 4.14. The third-order valence-electron chi connectivity index (χ3n) is 2.64. The van der Waals surface area contributed by atoms with Crippen LogP contribution in [0.2, 0.25) is 0 Å². The molecule has 0 bridgehead atoms. The highest BCUT2D eigenvalue weighted by molar-refractivity contribution is 5.78. The van der Waals surface area contributed by atoms with Gasteiger partial charge in [-0.3, -0.25) is 4.79 Å². The van der Waals surface area contributed by atoms with E-state index in [2.05, 4.69) is 10.4 Å². The molecular formula is C14H17N3O. The molecule has 1 aromatic heterocycles. The molecule has 0 spiro atoms. The zero-order valence-electron chi connectivity index (χ0n) is 10.5. The molecule has 2 rings (SSSR count). The minimum atomic E-state index is 0.0729. The largest absolute Gasteiger partial charge is 0.356 e. The molecule has 18 heavy (non-hydrogen) atoms. The summed E-state index contributed by atoms with van der Waals surface area (Å²) < 4.78 is 1.79. The van der Waals surface area contributed by atoms with Crippen molar-refractivity contribution in [1.82, 2.24) is 15.1 Å². The van der Waals surface area contributed by atoms with Crippen molar-refractivity contribution in [3.8, 4) is 5.69 Å². The average Bonchev–Trinajstić information content (AvgIpc) is 2.91. The van der Waals surface area contributed by atoms with Crippen molar-refractivity contribution < 1.29 is 4.79 Å². The average molecular weight is 243 g/mol. The summed E-state index contributed by atoms with van der Waals surface area (Å²) >= 11 is 0. The topological polar surface area (TPSA) is 46.9 Å². The Kier molecular flexibility index (Phi) is 4.12. The van der Waals surface area contributed by atoms with Gasteiger partial charge in [0.15, 0.2) is 0 Å². The fraction of sp³-hybridized carbons (Fsp3) is 0.286. The van der Waals surface area contributed by atoms with Gasteiger partial charge in [-0.15, -0.1) is 0 Å². The lowest BCUT2D eigenvalue weighted by molar-refractivity contribution is -0.120. The van der Waals surface area contributed by atoms with Crippen LogP contribution in [0.15, 0.2) is 42.7 Å². The van der Waals surface area contributed by atoms with Gasteiger partial charge in [-0.1, -0.05) is 19.1 Å². The highest BCUT2D eigenvalue weighted by Gasteiger charge is 2.03. The van der Waals surface area contributed by atoms with Crippen LogP contribution < -0.4 is 5.32 Å². The molecular weight excluding hydrogens is 226 g/mol. The van der Waals surface area contributed by atoms with Crippen molar-refractivity contribution in [3.63, 3.8) is 0 Å². The Morgan fingerprint density at radius 3 is 2.72 bits per heavy atom. The summed E-state index contributed by atoms with van der Waals surface area (Å²) in [4.78, 5) is 11.6. The molecule has 0 saturated carbocycles. The van der Waals surface area contributed by atoms with Crippen molar-refractivity contribution in [2.45, 2.75) is 19.8 Å². The van der Waals surface area contributed by atoms with Gasteiger partial charge in [-0.05, 0) is 30.2 Å².